The summed E-state index contributed by atoms with van der Waals surface area (Å²) in [4.78, 5) is 18.5. The van der Waals surface area contributed by atoms with Gasteiger partial charge in [-0.05, 0) is 55.6 Å². The molecule has 1 fully saturated rings. The number of piperidine rings is 1. The Balaban J connectivity index is 1.31. The number of nitrogens with zero attached hydrogens (tertiary/aromatic N) is 2. The second-order valence-corrected chi connectivity index (χ2v) is 6.49. The third kappa shape index (κ3) is 5.87. The molecule has 132 valence electrons. The maximum atomic E-state index is 11.9. The first-order valence-electron chi connectivity index (χ1n) is 8.85. The van der Waals surface area contributed by atoms with Gasteiger partial charge in [0.15, 0.2) is 6.61 Å². The zero-order valence-electron chi connectivity index (χ0n) is 14.4. The molecule has 3 rings (SSSR count). The second-order valence-electron chi connectivity index (χ2n) is 6.49. The van der Waals surface area contributed by atoms with Crippen molar-refractivity contribution >= 4 is 5.91 Å². The molecule has 0 radical (unpaired) electrons. The number of ether oxygens (including phenoxy) is 1. The van der Waals surface area contributed by atoms with Crippen LogP contribution in [0.2, 0.25) is 0 Å². The van der Waals surface area contributed by atoms with Gasteiger partial charge in [-0.3, -0.25) is 14.7 Å². The first-order valence-corrected chi connectivity index (χ1v) is 8.85. The number of rotatable bonds is 7. The molecule has 1 aromatic carbocycles. The fourth-order valence-corrected chi connectivity index (χ4v) is 3.07. The van der Waals surface area contributed by atoms with Crippen molar-refractivity contribution in [1.29, 1.82) is 0 Å². The highest BCUT2D eigenvalue weighted by Crippen LogP contribution is 2.18. The van der Waals surface area contributed by atoms with Gasteiger partial charge < -0.3 is 10.1 Å². The summed E-state index contributed by atoms with van der Waals surface area (Å²) < 4.78 is 5.46. The van der Waals surface area contributed by atoms with Crippen LogP contribution in [0.15, 0.2) is 54.9 Å². The maximum absolute atomic E-state index is 11.9. The monoisotopic (exact) mass is 339 g/mol. The van der Waals surface area contributed by atoms with Crippen molar-refractivity contribution in [3.05, 3.63) is 60.4 Å². The van der Waals surface area contributed by atoms with E-state index in [1.165, 1.54) is 5.56 Å². The van der Waals surface area contributed by atoms with Gasteiger partial charge in [0.25, 0.3) is 5.91 Å². The Bertz CT molecular complexity index is 641. The van der Waals surface area contributed by atoms with Crippen LogP contribution < -0.4 is 10.1 Å². The molecule has 0 unspecified atom stereocenters. The van der Waals surface area contributed by atoms with Crippen LogP contribution in [0.25, 0.3) is 0 Å². The number of likely N-dealkylation sites (tertiary alicyclic amines) is 1. The molecule has 0 spiro atoms. The molecule has 1 N–H and O–H groups in total. The lowest BCUT2D eigenvalue weighted by molar-refractivity contribution is -0.123. The Morgan fingerprint density at radius 3 is 2.68 bits per heavy atom. The van der Waals surface area contributed by atoms with E-state index in [-0.39, 0.29) is 12.5 Å². The number of hydrogen-bond donors (Lipinski definition) is 1. The molecular weight excluding hydrogens is 314 g/mol. The first-order chi connectivity index (χ1) is 12.3. The van der Waals surface area contributed by atoms with E-state index in [1.807, 2.05) is 42.6 Å². The Kier molecular flexibility index (Phi) is 6.40. The van der Waals surface area contributed by atoms with Gasteiger partial charge >= 0.3 is 0 Å². The molecule has 5 nitrogen and oxygen atoms in total. The van der Waals surface area contributed by atoms with Crippen LogP contribution in [0.4, 0.5) is 0 Å². The van der Waals surface area contributed by atoms with E-state index in [4.69, 9.17) is 4.74 Å². The summed E-state index contributed by atoms with van der Waals surface area (Å²) in [7, 11) is 0. The first kappa shape index (κ1) is 17.4. The van der Waals surface area contributed by atoms with Crippen molar-refractivity contribution < 1.29 is 9.53 Å². The van der Waals surface area contributed by atoms with E-state index in [1.54, 1.807) is 6.20 Å². The Labute approximate surface area is 149 Å². The van der Waals surface area contributed by atoms with Gasteiger partial charge in [0, 0.05) is 25.5 Å². The van der Waals surface area contributed by atoms with Crippen LogP contribution in [0.3, 0.4) is 0 Å². The van der Waals surface area contributed by atoms with Gasteiger partial charge in [0.2, 0.25) is 0 Å². The molecule has 1 aromatic heterocycles. The minimum atomic E-state index is -0.0540. The maximum Gasteiger partial charge on any atom is 0.257 e. The SMILES string of the molecule is O=C(COc1ccccc1)NCC1CCN(Cc2cccnc2)CC1. The van der Waals surface area contributed by atoms with E-state index in [0.29, 0.717) is 5.92 Å². The van der Waals surface area contributed by atoms with Crippen molar-refractivity contribution in [3.8, 4) is 5.75 Å². The van der Waals surface area contributed by atoms with Crippen molar-refractivity contribution in [2.24, 2.45) is 5.92 Å². The summed E-state index contributed by atoms with van der Waals surface area (Å²) >= 11 is 0. The molecule has 0 atom stereocenters. The Hall–Kier alpha value is -2.40. The molecule has 25 heavy (non-hydrogen) atoms. The topological polar surface area (TPSA) is 54.5 Å². The predicted molar refractivity (Wildman–Crippen MR) is 97.2 cm³/mol. The molecule has 0 aliphatic carbocycles. The summed E-state index contributed by atoms with van der Waals surface area (Å²) in [5, 5.41) is 2.99. The van der Waals surface area contributed by atoms with Gasteiger partial charge in [0.05, 0.1) is 0 Å². The van der Waals surface area contributed by atoms with E-state index < -0.39 is 0 Å². The molecule has 0 saturated carbocycles. The van der Waals surface area contributed by atoms with Gasteiger partial charge in [0.1, 0.15) is 5.75 Å². The van der Waals surface area contributed by atoms with Gasteiger partial charge in [-0.1, -0.05) is 24.3 Å². The Morgan fingerprint density at radius 2 is 1.96 bits per heavy atom. The Morgan fingerprint density at radius 1 is 1.16 bits per heavy atom. The fraction of sp³-hybridized carbons (Fsp3) is 0.400. The number of hydrogen-bond acceptors (Lipinski definition) is 4. The van der Waals surface area contributed by atoms with E-state index >= 15 is 0 Å². The molecule has 2 heterocycles. The molecule has 1 saturated heterocycles. The lowest BCUT2D eigenvalue weighted by Gasteiger charge is -2.31. The highest BCUT2D eigenvalue weighted by Gasteiger charge is 2.19. The molecule has 0 bridgehead atoms. The largest absolute Gasteiger partial charge is 0.484 e. The van der Waals surface area contributed by atoms with Crippen LogP contribution in [0.1, 0.15) is 18.4 Å². The molecule has 5 heteroatoms. The fourth-order valence-electron chi connectivity index (χ4n) is 3.07. The lowest BCUT2D eigenvalue weighted by atomic mass is 9.96. The number of nitrogens with one attached hydrogen (secondary N) is 1. The summed E-state index contributed by atoms with van der Waals surface area (Å²) in [6, 6.07) is 13.5. The van der Waals surface area contributed by atoms with Gasteiger partial charge in [-0.25, -0.2) is 0 Å². The average Bonchev–Trinajstić information content (AvgIpc) is 2.67. The molecule has 2 aromatic rings. The number of para-hydroxylation sites is 1. The second kappa shape index (κ2) is 9.18. The molecule has 1 amide bonds. The third-order valence-corrected chi connectivity index (χ3v) is 4.54. The van der Waals surface area contributed by atoms with Crippen molar-refractivity contribution in [2.75, 3.05) is 26.2 Å². The normalized spacial score (nSPS) is 15.7. The molecule has 1 aliphatic heterocycles. The highest BCUT2D eigenvalue weighted by atomic mass is 16.5. The molecule has 1 aliphatic rings. The minimum absolute atomic E-state index is 0.0540. The summed E-state index contributed by atoms with van der Waals surface area (Å²) in [6.07, 6.45) is 5.96. The summed E-state index contributed by atoms with van der Waals surface area (Å²) in [6.45, 7) is 3.89. The van der Waals surface area contributed by atoms with Gasteiger partial charge in [-0.15, -0.1) is 0 Å². The van der Waals surface area contributed by atoms with Crippen molar-refractivity contribution in [3.63, 3.8) is 0 Å². The number of amides is 1. The van der Waals surface area contributed by atoms with Crippen molar-refractivity contribution in [1.82, 2.24) is 15.2 Å². The number of carbonyl (C=O) groups excluding carboxylic acids is 1. The van der Waals surface area contributed by atoms with E-state index in [2.05, 4.69) is 21.3 Å². The number of benzene rings is 1. The zero-order valence-corrected chi connectivity index (χ0v) is 14.4. The van der Waals surface area contributed by atoms with Crippen LogP contribution >= 0.6 is 0 Å². The molecular formula is C20H25N3O2. The minimum Gasteiger partial charge on any atom is -0.484 e. The average molecular weight is 339 g/mol. The highest BCUT2D eigenvalue weighted by molar-refractivity contribution is 5.77. The number of carbonyl (C=O) groups is 1. The van der Waals surface area contributed by atoms with Gasteiger partial charge in [-0.2, -0.15) is 0 Å². The predicted octanol–water partition coefficient (Wildman–Crippen LogP) is 2.49. The smallest absolute Gasteiger partial charge is 0.257 e. The quantitative estimate of drug-likeness (QED) is 0.842. The van der Waals surface area contributed by atoms with Crippen LogP contribution in [-0.2, 0) is 11.3 Å². The summed E-state index contributed by atoms with van der Waals surface area (Å²) in [5.74, 6) is 1.22. The third-order valence-electron chi connectivity index (χ3n) is 4.54. The van der Waals surface area contributed by atoms with E-state index in [0.717, 1.165) is 44.8 Å². The van der Waals surface area contributed by atoms with E-state index in [9.17, 15) is 4.79 Å². The van der Waals surface area contributed by atoms with Crippen LogP contribution in [0, 0.1) is 5.92 Å². The van der Waals surface area contributed by atoms with Crippen LogP contribution in [0.5, 0.6) is 5.75 Å². The standard InChI is InChI=1S/C20H25N3O2/c24-20(16-25-19-6-2-1-3-7-19)22-14-17-8-11-23(12-9-17)15-18-5-4-10-21-13-18/h1-7,10,13,17H,8-9,11-12,14-16H2,(H,22,24). The zero-order chi connectivity index (χ0) is 17.3. The van der Waals surface area contributed by atoms with Crippen molar-refractivity contribution in [2.45, 2.75) is 19.4 Å². The lowest BCUT2D eigenvalue weighted by Crippen LogP contribution is -2.39. The number of aromatic nitrogens is 1. The summed E-state index contributed by atoms with van der Waals surface area (Å²) in [5.41, 5.74) is 1.26. The number of pyridine rings is 1. The van der Waals surface area contributed by atoms with Crippen LogP contribution in [-0.4, -0.2) is 42.0 Å².